The van der Waals surface area contributed by atoms with Gasteiger partial charge in [-0.1, -0.05) is 42.5 Å². The molecule has 5 rings (SSSR count). The lowest BCUT2D eigenvalue weighted by atomic mass is 9.90. The standard InChI is InChI=1S/C24H21N3O2/c1-29-19-10-7-16(8-11-19)14-27-15-21-20(23(27)17-5-3-2-4-6-17)12-9-18-13-25-24(28)26-22(18)21/h2-8,10-11,13,15H,9,12,14H2,1H3,(H,25,26,28). The summed E-state index contributed by atoms with van der Waals surface area (Å²) in [6.07, 6.45) is 5.67. The molecule has 29 heavy (non-hydrogen) atoms. The molecule has 0 spiro atoms. The molecule has 144 valence electrons. The average molecular weight is 383 g/mol. The Kier molecular flexibility index (Phi) is 4.28. The van der Waals surface area contributed by atoms with Gasteiger partial charge in [0.05, 0.1) is 18.5 Å². The highest BCUT2D eigenvalue weighted by atomic mass is 16.5. The first-order chi connectivity index (χ1) is 14.2. The van der Waals surface area contributed by atoms with Crippen LogP contribution >= 0.6 is 0 Å². The first-order valence-electron chi connectivity index (χ1n) is 9.72. The molecule has 2 aromatic heterocycles. The van der Waals surface area contributed by atoms with Crippen molar-refractivity contribution in [1.29, 1.82) is 0 Å². The quantitative estimate of drug-likeness (QED) is 0.578. The van der Waals surface area contributed by atoms with E-state index in [0.717, 1.165) is 42.0 Å². The van der Waals surface area contributed by atoms with Gasteiger partial charge < -0.3 is 14.3 Å². The number of methoxy groups -OCH3 is 1. The number of aryl methyl sites for hydroxylation is 1. The minimum Gasteiger partial charge on any atom is -0.497 e. The first-order valence-corrected chi connectivity index (χ1v) is 9.72. The maximum atomic E-state index is 11.9. The van der Waals surface area contributed by atoms with Crippen LogP contribution < -0.4 is 10.4 Å². The number of nitrogens with one attached hydrogen (secondary N) is 1. The van der Waals surface area contributed by atoms with E-state index in [4.69, 9.17) is 4.74 Å². The maximum absolute atomic E-state index is 11.9. The fraction of sp³-hybridized carbons (Fsp3) is 0.167. The number of benzene rings is 2. The molecule has 4 aromatic rings. The Morgan fingerprint density at radius 1 is 1.07 bits per heavy atom. The second-order valence-corrected chi connectivity index (χ2v) is 7.30. The van der Waals surface area contributed by atoms with E-state index in [0.29, 0.717) is 0 Å². The number of aromatic amines is 1. The van der Waals surface area contributed by atoms with E-state index in [9.17, 15) is 4.79 Å². The van der Waals surface area contributed by atoms with Crippen LogP contribution in [0.25, 0.3) is 22.5 Å². The molecule has 0 unspecified atom stereocenters. The van der Waals surface area contributed by atoms with Crippen molar-refractivity contribution in [2.24, 2.45) is 0 Å². The van der Waals surface area contributed by atoms with E-state index >= 15 is 0 Å². The van der Waals surface area contributed by atoms with Gasteiger partial charge in [0.15, 0.2) is 0 Å². The van der Waals surface area contributed by atoms with Crippen LogP contribution in [-0.2, 0) is 19.4 Å². The number of fused-ring (bicyclic) bond motifs is 3. The van der Waals surface area contributed by atoms with Gasteiger partial charge in [0.25, 0.3) is 0 Å². The number of aromatic nitrogens is 3. The molecule has 2 heterocycles. The summed E-state index contributed by atoms with van der Waals surface area (Å²) in [6, 6.07) is 18.6. The van der Waals surface area contributed by atoms with Crippen molar-refractivity contribution in [3.8, 4) is 28.3 Å². The summed E-state index contributed by atoms with van der Waals surface area (Å²) >= 11 is 0. The Balaban J connectivity index is 1.67. The van der Waals surface area contributed by atoms with Crippen molar-refractivity contribution in [3.05, 3.63) is 94.2 Å². The van der Waals surface area contributed by atoms with Gasteiger partial charge >= 0.3 is 5.69 Å². The highest BCUT2D eigenvalue weighted by Crippen LogP contribution is 2.39. The lowest BCUT2D eigenvalue weighted by Crippen LogP contribution is -2.15. The van der Waals surface area contributed by atoms with Crippen molar-refractivity contribution in [3.63, 3.8) is 0 Å². The molecular formula is C24H21N3O2. The van der Waals surface area contributed by atoms with Gasteiger partial charge in [-0.05, 0) is 47.2 Å². The fourth-order valence-corrected chi connectivity index (χ4v) is 4.17. The third kappa shape index (κ3) is 3.14. The molecule has 0 saturated heterocycles. The van der Waals surface area contributed by atoms with E-state index < -0.39 is 0 Å². The number of rotatable bonds is 4. The molecule has 0 radical (unpaired) electrons. The van der Waals surface area contributed by atoms with E-state index in [1.165, 1.54) is 22.4 Å². The zero-order valence-corrected chi connectivity index (χ0v) is 16.2. The highest BCUT2D eigenvalue weighted by molar-refractivity contribution is 5.79. The van der Waals surface area contributed by atoms with Crippen molar-refractivity contribution in [2.75, 3.05) is 7.11 Å². The van der Waals surface area contributed by atoms with Crippen LogP contribution in [0.15, 0.2) is 71.8 Å². The minimum absolute atomic E-state index is 0.305. The lowest BCUT2D eigenvalue weighted by molar-refractivity contribution is 0.414. The van der Waals surface area contributed by atoms with Crippen LogP contribution in [0.5, 0.6) is 5.75 Å². The molecule has 0 amide bonds. The normalized spacial score (nSPS) is 12.3. The summed E-state index contributed by atoms with van der Waals surface area (Å²) in [6.45, 7) is 0.742. The summed E-state index contributed by atoms with van der Waals surface area (Å²) in [4.78, 5) is 18.7. The van der Waals surface area contributed by atoms with Crippen molar-refractivity contribution >= 4 is 0 Å². The summed E-state index contributed by atoms with van der Waals surface area (Å²) in [5.41, 5.74) is 7.65. The molecule has 0 fully saturated rings. The zero-order chi connectivity index (χ0) is 19.8. The van der Waals surface area contributed by atoms with Crippen molar-refractivity contribution < 1.29 is 4.74 Å². The molecule has 0 atom stereocenters. The lowest BCUT2D eigenvalue weighted by Gasteiger charge is -2.17. The predicted octanol–water partition coefficient (Wildman–Crippen LogP) is 4.06. The van der Waals surface area contributed by atoms with Crippen molar-refractivity contribution in [2.45, 2.75) is 19.4 Å². The SMILES string of the molecule is COc1ccc(Cn2cc3c(c2-c2ccccc2)CCc2cnc(=O)[nH]c2-3)cc1. The molecule has 5 heteroatoms. The number of ether oxygens (including phenoxy) is 1. The summed E-state index contributed by atoms with van der Waals surface area (Å²) in [5, 5.41) is 0. The molecule has 5 nitrogen and oxygen atoms in total. The molecule has 2 aromatic carbocycles. The predicted molar refractivity (Wildman–Crippen MR) is 113 cm³/mol. The smallest absolute Gasteiger partial charge is 0.345 e. The molecule has 0 bridgehead atoms. The zero-order valence-electron chi connectivity index (χ0n) is 16.2. The van der Waals surface area contributed by atoms with Crippen LogP contribution in [-0.4, -0.2) is 21.6 Å². The highest BCUT2D eigenvalue weighted by Gasteiger charge is 2.24. The van der Waals surface area contributed by atoms with Crippen LogP contribution in [0.2, 0.25) is 0 Å². The summed E-state index contributed by atoms with van der Waals surface area (Å²) < 4.78 is 7.57. The third-order valence-electron chi connectivity index (χ3n) is 5.55. The van der Waals surface area contributed by atoms with E-state index in [2.05, 4.69) is 57.1 Å². The van der Waals surface area contributed by atoms with Gasteiger partial charge in [0.2, 0.25) is 0 Å². The van der Waals surface area contributed by atoms with E-state index in [1.807, 2.05) is 18.2 Å². The van der Waals surface area contributed by atoms with Gasteiger partial charge in [-0.3, -0.25) is 0 Å². The largest absolute Gasteiger partial charge is 0.497 e. The number of H-pyrrole nitrogens is 1. The number of hydrogen-bond acceptors (Lipinski definition) is 3. The summed E-state index contributed by atoms with van der Waals surface area (Å²) in [7, 11) is 1.68. The Morgan fingerprint density at radius 3 is 2.62 bits per heavy atom. The number of nitrogens with zero attached hydrogens (tertiary/aromatic N) is 2. The molecule has 0 saturated carbocycles. The monoisotopic (exact) mass is 383 g/mol. The second-order valence-electron chi connectivity index (χ2n) is 7.30. The molecule has 0 aliphatic heterocycles. The maximum Gasteiger partial charge on any atom is 0.345 e. The van der Waals surface area contributed by atoms with Gasteiger partial charge in [0, 0.05) is 24.5 Å². The molecule has 1 aliphatic rings. The van der Waals surface area contributed by atoms with Gasteiger partial charge in [0.1, 0.15) is 5.75 Å². The third-order valence-corrected chi connectivity index (χ3v) is 5.55. The van der Waals surface area contributed by atoms with Gasteiger partial charge in [-0.2, -0.15) is 0 Å². The Hall–Kier alpha value is -3.60. The molecule has 1 aliphatic carbocycles. The van der Waals surface area contributed by atoms with Crippen LogP contribution in [0, 0.1) is 0 Å². The fourth-order valence-electron chi connectivity index (χ4n) is 4.17. The Bertz CT molecular complexity index is 1220. The van der Waals surface area contributed by atoms with Crippen LogP contribution in [0.3, 0.4) is 0 Å². The van der Waals surface area contributed by atoms with E-state index in [1.54, 1.807) is 13.3 Å². The summed E-state index contributed by atoms with van der Waals surface area (Å²) in [5.74, 6) is 0.850. The average Bonchev–Trinajstić information content (AvgIpc) is 3.13. The van der Waals surface area contributed by atoms with Gasteiger partial charge in [-0.15, -0.1) is 0 Å². The Morgan fingerprint density at radius 2 is 1.86 bits per heavy atom. The van der Waals surface area contributed by atoms with Crippen molar-refractivity contribution in [1.82, 2.24) is 14.5 Å². The van der Waals surface area contributed by atoms with E-state index in [-0.39, 0.29) is 5.69 Å². The van der Waals surface area contributed by atoms with Crippen LogP contribution in [0.4, 0.5) is 0 Å². The van der Waals surface area contributed by atoms with Crippen LogP contribution in [0.1, 0.15) is 16.7 Å². The molecule has 1 N–H and O–H groups in total. The topological polar surface area (TPSA) is 59.9 Å². The molecular weight excluding hydrogens is 362 g/mol. The number of hydrogen-bond donors (Lipinski definition) is 1. The minimum atomic E-state index is -0.305. The first kappa shape index (κ1) is 17.5. The Labute approximate surface area is 168 Å². The second kappa shape index (κ2) is 7.09. The van der Waals surface area contributed by atoms with Gasteiger partial charge in [-0.25, -0.2) is 9.78 Å².